The zero-order chi connectivity index (χ0) is 15.9. The summed E-state index contributed by atoms with van der Waals surface area (Å²) in [6.45, 7) is 4.01. The first-order valence-corrected chi connectivity index (χ1v) is 9.18. The molecular weight excluding hydrogens is 294 g/mol. The van der Waals surface area contributed by atoms with Crippen LogP contribution < -0.4 is 10.6 Å². The van der Waals surface area contributed by atoms with Crippen LogP contribution in [-0.4, -0.2) is 63.9 Å². The topological polar surface area (TPSA) is 87.7 Å². The van der Waals surface area contributed by atoms with Crippen LogP contribution in [0.5, 0.6) is 0 Å². The number of methoxy groups -OCH3 is 1. The van der Waals surface area contributed by atoms with E-state index >= 15 is 0 Å². The van der Waals surface area contributed by atoms with Gasteiger partial charge in [0.15, 0.2) is 0 Å². The molecule has 124 valence electrons. The minimum absolute atomic E-state index is 0.194. The molecule has 2 amide bonds. The summed E-state index contributed by atoms with van der Waals surface area (Å²) in [5.74, 6) is 0. The van der Waals surface area contributed by atoms with E-state index in [-0.39, 0.29) is 6.03 Å². The van der Waals surface area contributed by atoms with Crippen molar-refractivity contribution in [2.45, 2.75) is 38.1 Å². The van der Waals surface area contributed by atoms with Gasteiger partial charge in [-0.1, -0.05) is 6.92 Å². The molecule has 0 atom stereocenters. The lowest BCUT2D eigenvalue weighted by atomic mass is 9.85. The molecule has 0 radical (unpaired) electrons. The second-order valence-corrected chi connectivity index (χ2v) is 7.55. The second-order valence-electron chi connectivity index (χ2n) is 5.57. The van der Waals surface area contributed by atoms with E-state index in [1.165, 1.54) is 10.6 Å². The molecule has 1 aliphatic heterocycles. The number of carbonyl (C=O) groups is 1. The van der Waals surface area contributed by atoms with Gasteiger partial charge in [0.1, 0.15) is 0 Å². The van der Waals surface area contributed by atoms with Crippen molar-refractivity contribution in [2.24, 2.45) is 0 Å². The van der Waals surface area contributed by atoms with E-state index in [9.17, 15) is 13.2 Å². The number of sulfonamides is 1. The highest BCUT2D eigenvalue weighted by Gasteiger charge is 2.37. The molecular formula is C13H27N3O4S. The van der Waals surface area contributed by atoms with E-state index in [1.807, 2.05) is 6.92 Å². The molecule has 1 saturated heterocycles. The number of hydrogen-bond donors (Lipinski definition) is 2. The van der Waals surface area contributed by atoms with Crippen molar-refractivity contribution in [3.05, 3.63) is 0 Å². The Balaban J connectivity index is 2.66. The number of urea groups is 1. The van der Waals surface area contributed by atoms with E-state index in [1.54, 1.807) is 7.11 Å². The molecule has 21 heavy (non-hydrogen) atoms. The van der Waals surface area contributed by atoms with Crippen LogP contribution in [-0.2, 0) is 14.8 Å². The van der Waals surface area contributed by atoms with Gasteiger partial charge in [-0.25, -0.2) is 17.5 Å². The normalized spacial score (nSPS) is 19.2. The fraction of sp³-hybridized carbons (Fsp3) is 0.923. The summed E-state index contributed by atoms with van der Waals surface area (Å²) in [6.07, 6.45) is 3.98. The SMILES string of the molecule is CCCNC(=O)NC1(CCOC)CCN(S(C)(=O)=O)CC1. The molecule has 8 heteroatoms. The average Bonchev–Trinajstić information content (AvgIpc) is 2.42. The Kier molecular flexibility index (Phi) is 6.89. The van der Waals surface area contributed by atoms with Gasteiger partial charge in [-0.2, -0.15) is 0 Å². The molecule has 1 fully saturated rings. The van der Waals surface area contributed by atoms with Gasteiger partial charge in [-0.05, 0) is 25.7 Å². The van der Waals surface area contributed by atoms with Gasteiger partial charge in [0, 0.05) is 38.9 Å². The Morgan fingerprint density at radius 1 is 1.33 bits per heavy atom. The average molecular weight is 321 g/mol. The molecule has 2 N–H and O–H groups in total. The van der Waals surface area contributed by atoms with E-state index < -0.39 is 15.6 Å². The lowest BCUT2D eigenvalue weighted by molar-refractivity contribution is 0.122. The Morgan fingerprint density at radius 3 is 2.43 bits per heavy atom. The maximum atomic E-state index is 11.9. The number of nitrogens with zero attached hydrogens (tertiary/aromatic N) is 1. The predicted octanol–water partition coefficient (Wildman–Crippen LogP) is 0.526. The first-order chi connectivity index (χ1) is 9.83. The summed E-state index contributed by atoms with van der Waals surface area (Å²) in [4.78, 5) is 11.9. The summed E-state index contributed by atoms with van der Waals surface area (Å²) in [5.41, 5.74) is -0.394. The number of nitrogens with one attached hydrogen (secondary N) is 2. The second kappa shape index (κ2) is 7.95. The van der Waals surface area contributed by atoms with Crippen LogP contribution in [0.25, 0.3) is 0 Å². The number of ether oxygens (including phenoxy) is 1. The van der Waals surface area contributed by atoms with Gasteiger partial charge in [-0.15, -0.1) is 0 Å². The Bertz CT molecular complexity index is 431. The fourth-order valence-corrected chi connectivity index (χ4v) is 3.35. The molecule has 1 aliphatic rings. The Morgan fingerprint density at radius 2 is 1.95 bits per heavy atom. The van der Waals surface area contributed by atoms with Gasteiger partial charge in [-0.3, -0.25) is 0 Å². The lowest BCUT2D eigenvalue weighted by Gasteiger charge is -2.41. The molecule has 0 aliphatic carbocycles. The summed E-state index contributed by atoms with van der Waals surface area (Å²) in [7, 11) is -1.54. The summed E-state index contributed by atoms with van der Waals surface area (Å²) < 4.78 is 29.7. The highest BCUT2D eigenvalue weighted by molar-refractivity contribution is 7.88. The summed E-state index contributed by atoms with van der Waals surface area (Å²) in [5, 5.41) is 5.82. The quantitative estimate of drug-likeness (QED) is 0.716. The maximum Gasteiger partial charge on any atom is 0.315 e. The smallest absolute Gasteiger partial charge is 0.315 e. The molecule has 0 bridgehead atoms. The largest absolute Gasteiger partial charge is 0.385 e. The lowest BCUT2D eigenvalue weighted by Crippen LogP contribution is -2.58. The Hall–Kier alpha value is -0.860. The van der Waals surface area contributed by atoms with Crippen molar-refractivity contribution in [1.82, 2.24) is 14.9 Å². The van der Waals surface area contributed by atoms with Crippen LogP contribution >= 0.6 is 0 Å². The Labute approximate surface area is 127 Å². The number of piperidine rings is 1. The molecule has 0 aromatic rings. The van der Waals surface area contributed by atoms with Crippen LogP contribution in [0, 0.1) is 0 Å². The van der Waals surface area contributed by atoms with Crippen LogP contribution in [0.4, 0.5) is 4.79 Å². The zero-order valence-electron chi connectivity index (χ0n) is 13.1. The molecule has 7 nitrogen and oxygen atoms in total. The molecule has 0 spiro atoms. The van der Waals surface area contributed by atoms with Gasteiger partial charge < -0.3 is 15.4 Å². The van der Waals surface area contributed by atoms with Crippen LogP contribution in [0.2, 0.25) is 0 Å². The van der Waals surface area contributed by atoms with Crippen LogP contribution in [0.3, 0.4) is 0 Å². The van der Waals surface area contributed by atoms with E-state index in [4.69, 9.17) is 4.74 Å². The fourth-order valence-electron chi connectivity index (χ4n) is 2.50. The first kappa shape index (κ1) is 18.2. The van der Waals surface area contributed by atoms with Gasteiger partial charge in [0.05, 0.1) is 6.26 Å². The molecule has 1 heterocycles. The van der Waals surface area contributed by atoms with Crippen molar-refractivity contribution in [3.8, 4) is 0 Å². The number of amides is 2. The minimum atomic E-state index is -3.17. The van der Waals surface area contributed by atoms with Crippen molar-refractivity contribution < 1.29 is 17.9 Å². The standard InChI is InChI=1S/C13H27N3O4S/c1-4-8-14-12(17)15-13(7-11-20-2)5-9-16(10-6-13)21(3,18)19/h4-11H2,1-3H3,(H2,14,15,17). The van der Waals surface area contributed by atoms with Crippen LogP contribution in [0.1, 0.15) is 32.6 Å². The number of carbonyl (C=O) groups excluding carboxylic acids is 1. The molecule has 0 saturated carbocycles. The van der Waals surface area contributed by atoms with Crippen molar-refractivity contribution >= 4 is 16.1 Å². The third-order valence-corrected chi connectivity index (χ3v) is 5.15. The van der Waals surface area contributed by atoms with E-state index in [2.05, 4.69) is 10.6 Å². The molecule has 0 unspecified atom stereocenters. The highest BCUT2D eigenvalue weighted by Crippen LogP contribution is 2.27. The maximum absolute atomic E-state index is 11.9. The molecule has 1 rings (SSSR count). The third-order valence-electron chi connectivity index (χ3n) is 3.85. The van der Waals surface area contributed by atoms with Gasteiger partial charge in [0.2, 0.25) is 10.0 Å². The van der Waals surface area contributed by atoms with E-state index in [0.717, 1.165) is 6.42 Å². The summed E-state index contributed by atoms with van der Waals surface area (Å²) >= 11 is 0. The third kappa shape index (κ3) is 5.80. The van der Waals surface area contributed by atoms with Crippen molar-refractivity contribution in [1.29, 1.82) is 0 Å². The van der Waals surface area contributed by atoms with E-state index in [0.29, 0.717) is 45.5 Å². The van der Waals surface area contributed by atoms with Gasteiger partial charge >= 0.3 is 6.03 Å². The highest BCUT2D eigenvalue weighted by atomic mass is 32.2. The minimum Gasteiger partial charge on any atom is -0.385 e. The predicted molar refractivity (Wildman–Crippen MR) is 81.7 cm³/mol. The zero-order valence-corrected chi connectivity index (χ0v) is 14.0. The summed E-state index contributed by atoms with van der Waals surface area (Å²) in [6, 6.07) is -0.194. The molecule has 0 aromatic heterocycles. The first-order valence-electron chi connectivity index (χ1n) is 7.33. The van der Waals surface area contributed by atoms with Crippen LogP contribution in [0.15, 0.2) is 0 Å². The van der Waals surface area contributed by atoms with Gasteiger partial charge in [0.25, 0.3) is 0 Å². The number of hydrogen-bond acceptors (Lipinski definition) is 4. The monoisotopic (exact) mass is 321 g/mol. The number of rotatable bonds is 7. The van der Waals surface area contributed by atoms with Crippen molar-refractivity contribution in [3.63, 3.8) is 0 Å². The van der Waals surface area contributed by atoms with Crippen molar-refractivity contribution in [2.75, 3.05) is 39.6 Å². The molecule has 0 aromatic carbocycles.